The first-order valence-electron chi connectivity index (χ1n) is 35.1. The molecule has 4 fully saturated rings. The normalized spacial score (nSPS) is 30.4. The number of nitrogens with zero attached hydrogens (tertiary/aromatic N) is 2. The average molecular weight is 1500 g/mol. The lowest BCUT2D eigenvalue weighted by Gasteiger charge is -2.34. The monoisotopic (exact) mass is 1500 g/mol. The molecule has 6 heterocycles. The average Bonchev–Trinajstić information content (AvgIpc) is 1.62. The number of hydrogen-bond acceptors (Lipinski definition) is 22. The van der Waals surface area contributed by atoms with Crippen molar-refractivity contribution < 1.29 is 91.9 Å². The highest BCUT2D eigenvalue weighted by molar-refractivity contribution is 7.55. The van der Waals surface area contributed by atoms with Gasteiger partial charge in [-0.2, -0.15) is 0 Å². The van der Waals surface area contributed by atoms with Crippen LogP contribution in [-0.2, 0) is 65.1 Å². The molecule has 2 aromatic carbocycles. The smallest absolute Gasteiger partial charge is 0.407 e. The van der Waals surface area contributed by atoms with Gasteiger partial charge in [-0.05, 0) is 111 Å². The zero-order valence-corrected chi connectivity index (χ0v) is 64.2. The Labute approximate surface area is 607 Å². The van der Waals surface area contributed by atoms with E-state index in [1.54, 1.807) is 41.5 Å². The number of carbonyl (C=O) groups is 5. The number of nitrogens with one attached hydrogen (secondary N) is 2. The molecule has 1 amide bonds. The van der Waals surface area contributed by atoms with E-state index in [9.17, 15) is 58.4 Å². The van der Waals surface area contributed by atoms with E-state index in [0.717, 1.165) is 82.6 Å². The summed E-state index contributed by atoms with van der Waals surface area (Å²) < 4.78 is 52.0. The summed E-state index contributed by atoms with van der Waals surface area (Å²) >= 11 is 2.81. The highest BCUT2D eigenvalue weighted by Crippen LogP contribution is 2.48. The molecule has 29 heteroatoms. The van der Waals surface area contributed by atoms with Crippen molar-refractivity contribution in [1.82, 2.24) is 20.4 Å². The van der Waals surface area contributed by atoms with Gasteiger partial charge in [0.2, 0.25) is 0 Å². The molecule has 0 saturated carbocycles. The van der Waals surface area contributed by atoms with E-state index in [1.807, 2.05) is 106 Å². The third kappa shape index (κ3) is 22.9. The van der Waals surface area contributed by atoms with Gasteiger partial charge in [0.15, 0.2) is 0 Å². The van der Waals surface area contributed by atoms with Gasteiger partial charge in [-0.3, -0.25) is 28.3 Å². The molecule has 102 heavy (non-hydrogen) atoms. The zero-order valence-electron chi connectivity index (χ0n) is 60.7. The number of Topliss-reactive ketones (excluding diaryl/α,β-unsaturated/α-hetero) is 2. The second-order valence-corrected chi connectivity index (χ2v) is 35.5. The predicted molar refractivity (Wildman–Crippen MR) is 391 cm³/mol. The van der Waals surface area contributed by atoms with E-state index >= 15 is 0 Å². The lowest BCUT2D eigenvalue weighted by molar-refractivity contribution is -0.156. The summed E-state index contributed by atoms with van der Waals surface area (Å²) in [6, 6.07) is 16.0. The fraction of sp³-hybridized carbons (Fsp3) is 0.630. The molecule has 25 nitrogen and oxygen atoms in total. The number of amides is 1. The number of alkyl carbamates (subject to hydrolysis) is 1. The van der Waals surface area contributed by atoms with Gasteiger partial charge in [-0.15, -0.1) is 22.7 Å². The highest BCUT2D eigenvalue weighted by Gasteiger charge is 2.55. The molecule has 5 aliphatic rings. The van der Waals surface area contributed by atoms with Crippen molar-refractivity contribution >= 4 is 79.5 Å². The Bertz CT molecular complexity index is 3660. The summed E-state index contributed by atoms with van der Waals surface area (Å²) in [6.45, 7) is 22.1. The molecule has 4 aromatic rings. The molecule has 1 unspecified atom stereocenters. The topological polar surface area (TPSA) is 416 Å². The van der Waals surface area contributed by atoms with Crippen LogP contribution in [0, 0.1) is 34.5 Å². The second-order valence-electron chi connectivity index (χ2n) is 29.7. The number of hydrogen-bond donors (Lipinski definition) is 11. The fourth-order valence-electron chi connectivity index (χ4n) is 13.6. The van der Waals surface area contributed by atoms with Crippen molar-refractivity contribution in [3.05, 3.63) is 103 Å². The fourth-order valence-corrected chi connectivity index (χ4v) is 16.3. The van der Waals surface area contributed by atoms with Gasteiger partial charge < -0.3 is 75.6 Å². The van der Waals surface area contributed by atoms with Crippen LogP contribution in [0.3, 0.4) is 0 Å². The minimum absolute atomic E-state index is 0.0283. The molecule has 4 aliphatic heterocycles. The number of benzene rings is 2. The number of cyclic esters (lactones) is 2. The predicted octanol–water partition coefficient (Wildman–Crippen LogP) is 9.73. The van der Waals surface area contributed by atoms with Gasteiger partial charge in [0.1, 0.15) is 40.4 Å². The number of rotatable bonds is 15. The summed E-state index contributed by atoms with van der Waals surface area (Å²) in [5.74, 6) is -3.38. The van der Waals surface area contributed by atoms with Crippen LogP contribution in [0.2, 0.25) is 0 Å². The largest absolute Gasteiger partial charge is 0.458 e. The third-order valence-corrected chi connectivity index (χ3v) is 24.9. The van der Waals surface area contributed by atoms with E-state index in [4.69, 9.17) is 44.9 Å². The summed E-state index contributed by atoms with van der Waals surface area (Å²) in [5, 5.41) is 53.7. The molecule has 4 saturated heterocycles. The van der Waals surface area contributed by atoms with Crippen molar-refractivity contribution in [1.29, 1.82) is 0 Å². The van der Waals surface area contributed by atoms with E-state index in [0.29, 0.717) is 30.1 Å². The Morgan fingerprint density at radius 3 is 1.52 bits per heavy atom. The van der Waals surface area contributed by atoms with Crippen molar-refractivity contribution in [3.63, 3.8) is 0 Å². The number of aliphatic hydroxyl groups excluding tert-OH is 4. The second kappa shape index (κ2) is 35.9. The molecule has 15 atom stereocenters. The van der Waals surface area contributed by atoms with Gasteiger partial charge in [-0.25, -0.2) is 19.8 Å². The van der Waals surface area contributed by atoms with E-state index < -0.39 is 98.6 Å². The Balaban J connectivity index is 0.000000222. The van der Waals surface area contributed by atoms with Gasteiger partial charge in [-0.1, -0.05) is 117 Å². The zero-order chi connectivity index (χ0) is 75.5. The first-order valence-corrected chi connectivity index (χ1v) is 40.5. The molecule has 0 bridgehead atoms. The molecule has 9 rings (SSSR count). The van der Waals surface area contributed by atoms with Crippen molar-refractivity contribution in [2.45, 2.75) is 226 Å². The molecular weight excluding hydrogens is 1390 g/mol. The number of fused-ring (bicyclic) bond motifs is 5. The standard InChI is InChI=1S/C29H48N3O8PS.C27H42N2O6S.C17H18NO5P/c1-17-8-7-9-29(6)23(40-29)13-21(39-25(34)14-22(33)28(4,5)27(36)19(3)26(17)35)18(2)12-20-16-42-24(32-20)15-31-41(37,38)11-10-30;1-15-8-7-9-27(6)21(35-27)11-19(16(2)10-18-14-36-22(13-28)29-18)34-23(31)12-20(30)26(4,5)25(33)17(3)24(15)32;19-17(18-9-10-24(20,21)22)23-11-16-14-7-3-1-5-12(14)13-6-2-4-8-15(13)16/h12,16-17,19,21-23,26,33,35H,7-11,13-15,30H2,1-6H3,(H2,31,37,38);10,14-15,17,19-21,24,30,32H,7-9,11-13,28H2,1-6H3;1-8,16H,9-11H2,(H,18,19)(H2,20,21,22)/b18-12+;16-10+;/t17-,19+,21-,22-,23-,26-,29+;15-,17+,19-,20-,21-,24-,27+;/m00./s1. The van der Waals surface area contributed by atoms with Crippen LogP contribution < -0.4 is 21.9 Å². The van der Waals surface area contributed by atoms with Crippen LogP contribution in [0.1, 0.15) is 186 Å². The minimum Gasteiger partial charge on any atom is -0.458 e. The van der Waals surface area contributed by atoms with Gasteiger partial charge in [0.05, 0.1) is 102 Å². The summed E-state index contributed by atoms with van der Waals surface area (Å²) in [6.07, 6.45) is 1.92. The van der Waals surface area contributed by atoms with Gasteiger partial charge in [0, 0.05) is 61.0 Å². The molecule has 0 spiro atoms. The third-order valence-electron chi connectivity index (χ3n) is 20.8. The maximum absolute atomic E-state index is 13.3. The SMILES string of the molecule is C/C(=C\c1csc(CN)n1)[C@@H]1C[C@@H]2O[C@]2(C)CCC[C@H](C)[C@H](O)[C@@H](C)C(=O)C(C)(C)[C@@H](O)CC(=O)O1.C/C(=C\c1csc(CNP(=O)(O)CCN)n1)[C@@H]1C[C@@H]2O[C@]2(C)CCC[C@H](C)[C@H](O)[C@@H](C)C(=O)C(C)(C)[C@@H](O)CC(=O)O1.O=C(NCCP(=O)(O)O)OCC1c2ccccc2-c2ccccc21. The van der Waals surface area contributed by atoms with E-state index in [2.05, 4.69) is 27.3 Å². The van der Waals surface area contributed by atoms with Crippen LogP contribution >= 0.6 is 37.8 Å². The lowest BCUT2D eigenvalue weighted by atomic mass is 9.73. The number of nitrogens with two attached hydrogens (primary N) is 2. The van der Waals surface area contributed by atoms with Crippen LogP contribution in [0.15, 0.2) is 70.4 Å². The number of ketones is 2. The van der Waals surface area contributed by atoms with Crippen LogP contribution in [-0.4, -0.2) is 167 Å². The van der Waals surface area contributed by atoms with Crippen LogP contribution in [0.5, 0.6) is 0 Å². The summed E-state index contributed by atoms with van der Waals surface area (Å²) in [7, 11) is -7.64. The maximum Gasteiger partial charge on any atom is 0.407 e. The number of carbonyl (C=O) groups excluding carboxylic acids is 5. The Morgan fingerprint density at radius 1 is 0.667 bits per heavy atom. The number of aromatic nitrogens is 2. The lowest BCUT2D eigenvalue weighted by Crippen LogP contribution is -2.45. The van der Waals surface area contributed by atoms with Crippen molar-refractivity contribution in [3.8, 4) is 11.1 Å². The molecule has 13 N–H and O–H groups in total. The van der Waals surface area contributed by atoms with Gasteiger partial charge in [0.25, 0.3) is 7.52 Å². The molecule has 2 aromatic heterocycles. The van der Waals surface area contributed by atoms with Crippen LogP contribution in [0.25, 0.3) is 23.3 Å². The molecule has 566 valence electrons. The maximum atomic E-state index is 13.3. The van der Waals surface area contributed by atoms with E-state index in [1.165, 1.54) is 22.7 Å². The van der Waals surface area contributed by atoms with Crippen molar-refractivity contribution in [2.24, 2.45) is 46.0 Å². The molecule has 1 aliphatic carbocycles. The number of ether oxygens (including phenoxy) is 5. The first kappa shape index (κ1) is 84.0. The Morgan fingerprint density at radius 2 is 1.10 bits per heavy atom. The first-order chi connectivity index (χ1) is 47.7. The Hall–Kier alpha value is -5.29. The highest BCUT2D eigenvalue weighted by atomic mass is 32.1. The minimum atomic E-state index is -4.12. The number of thiazole rings is 2. The summed E-state index contributed by atoms with van der Waals surface area (Å²) in [4.78, 5) is 101. The van der Waals surface area contributed by atoms with E-state index in [-0.39, 0.29) is 98.0 Å². The number of esters is 2. The number of epoxide rings is 2. The van der Waals surface area contributed by atoms with Crippen LogP contribution in [0.4, 0.5) is 4.79 Å². The molecule has 0 radical (unpaired) electrons. The quantitative estimate of drug-likeness (QED) is 0.0228. The Kier molecular flexibility index (Phi) is 29.5. The number of aliphatic hydroxyl groups is 4. The molecular formula is C73H108N6O19P2S2. The van der Waals surface area contributed by atoms with Crippen molar-refractivity contribution in [2.75, 3.05) is 32.0 Å². The van der Waals surface area contributed by atoms with Gasteiger partial charge >= 0.3 is 25.6 Å². The summed E-state index contributed by atoms with van der Waals surface area (Å²) in [5.41, 5.74) is 15.4.